The number of nitrogens with one attached hydrogen (secondary N) is 2. The van der Waals surface area contributed by atoms with Crippen LogP contribution in [0, 0.1) is 0 Å². The van der Waals surface area contributed by atoms with Crippen molar-refractivity contribution in [1.29, 1.82) is 0 Å². The Morgan fingerprint density at radius 3 is 2.88 bits per heavy atom. The van der Waals surface area contributed by atoms with Crippen LogP contribution in [0.4, 0.5) is 10.5 Å². The summed E-state index contributed by atoms with van der Waals surface area (Å²) in [5.41, 5.74) is 1.70. The van der Waals surface area contributed by atoms with Gasteiger partial charge in [0.25, 0.3) is 5.91 Å². The molecular formula is C19H27N3O3. The zero-order valence-electron chi connectivity index (χ0n) is 14.8. The number of benzene rings is 1. The predicted octanol–water partition coefficient (Wildman–Crippen LogP) is 2.89. The maximum atomic E-state index is 12.3. The summed E-state index contributed by atoms with van der Waals surface area (Å²) >= 11 is 0. The van der Waals surface area contributed by atoms with Crippen LogP contribution in [0.5, 0.6) is 0 Å². The lowest BCUT2D eigenvalue weighted by Gasteiger charge is -2.33. The highest BCUT2D eigenvalue weighted by molar-refractivity contribution is 5.94. The summed E-state index contributed by atoms with van der Waals surface area (Å²) in [6.45, 7) is 4.02. The van der Waals surface area contributed by atoms with Gasteiger partial charge in [0.2, 0.25) is 0 Å². The maximum absolute atomic E-state index is 12.3. The SMILES string of the molecule is C[C@H]1CCCCN1C(=O)NCc1cccc(NC(=O)[C@H]2CCCO2)c1. The molecule has 3 rings (SSSR count). The Balaban J connectivity index is 1.52. The van der Waals surface area contributed by atoms with Crippen LogP contribution in [-0.2, 0) is 16.1 Å². The minimum atomic E-state index is -0.344. The zero-order valence-corrected chi connectivity index (χ0v) is 14.8. The van der Waals surface area contributed by atoms with Crippen LogP contribution in [0.15, 0.2) is 24.3 Å². The first-order valence-electron chi connectivity index (χ1n) is 9.19. The first-order valence-corrected chi connectivity index (χ1v) is 9.19. The van der Waals surface area contributed by atoms with E-state index in [9.17, 15) is 9.59 Å². The van der Waals surface area contributed by atoms with Gasteiger partial charge in [0.05, 0.1) is 0 Å². The molecule has 0 bridgehead atoms. The molecule has 6 heteroatoms. The van der Waals surface area contributed by atoms with Gasteiger partial charge in [-0.3, -0.25) is 4.79 Å². The average Bonchev–Trinajstić information content (AvgIpc) is 3.15. The number of ether oxygens (including phenoxy) is 1. The van der Waals surface area contributed by atoms with Crippen LogP contribution in [0.25, 0.3) is 0 Å². The number of hydrogen-bond acceptors (Lipinski definition) is 3. The molecule has 0 unspecified atom stereocenters. The number of nitrogens with zero attached hydrogens (tertiary/aromatic N) is 1. The maximum Gasteiger partial charge on any atom is 0.317 e. The summed E-state index contributed by atoms with van der Waals surface area (Å²) in [6.07, 6.45) is 4.69. The molecule has 0 aliphatic carbocycles. The van der Waals surface area contributed by atoms with Crippen molar-refractivity contribution in [2.75, 3.05) is 18.5 Å². The topological polar surface area (TPSA) is 70.7 Å². The molecule has 1 aromatic carbocycles. The third-order valence-electron chi connectivity index (χ3n) is 4.92. The average molecular weight is 345 g/mol. The van der Waals surface area contributed by atoms with Gasteiger partial charge in [-0.25, -0.2) is 4.79 Å². The Hall–Kier alpha value is -2.08. The Bertz CT molecular complexity index is 614. The summed E-state index contributed by atoms with van der Waals surface area (Å²) in [4.78, 5) is 26.4. The van der Waals surface area contributed by atoms with Crippen LogP contribution in [0.2, 0.25) is 0 Å². The third kappa shape index (κ3) is 4.72. The minimum absolute atomic E-state index is 0.0130. The molecule has 0 spiro atoms. The minimum Gasteiger partial charge on any atom is -0.368 e. The molecule has 2 fully saturated rings. The van der Waals surface area contributed by atoms with E-state index in [0.717, 1.165) is 43.5 Å². The van der Waals surface area contributed by atoms with Gasteiger partial charge in [-0.1, -0.05) is 12.1 Å². The lowest BCUT2D eigenvalue weighted by molar-refractivity contribution is -0.124. The summed E-state index contributed by atoms with van der Waals surface area (Å²) in [6, 6.07) is 7.86. The van der Waals surface area contributed by atoms with Crippen molar-refractivity contribution in [3.8, 4) is 0 Å². The molecule has 2 aliphatic rings. The third-order valence-corrected chi connectivity index (χ3v) is 4.92. The first kappa shape index (κ1) is 17.7. The van der Waals surface area contributed by atoms with Crippen LogP contribution >= 0.6 is 0 Å². The summed E-state index contributed by atoms with van der Waals surface area (Å²) < 4.78 is 5.40. The highest BCUT2D eigenvalue weighted by Gasteiger charge is 2.24. The van der Waals surface area contributed by atoms with Gasteiger partial charge in [-0.05, 0) is 56.7 Å². The Labute approximate surface area is 148 Å². The lowest BCUT2D eigenvalue weighted by atomic mass is 10.0. The fraction of sp³-hybridized carbons (Fsp3) is 0.579. The van der Waals surface area contributed by atoms with Crippen molar-refractivity contribution in [2.45, 2.75) is 57.7 Å². The van der Waals surface area contributed by atoms with Crippen LogP contribution < -0.4 is 10.6 Å². The highest BCUT2D eigenvalue weighted by Crippen LogP contribution is 2.18. The van der Waals surface area contributed by atoms with Crippen molar-refractivity contribution in [2.24, 2.45) is 0 Å². The van der Waals surface area contributed by atoms with Gasteiger partial charge in [0, 0.05) is 31.4 Å². The first-order chi connectivity index (χ1) is 12.1. The van der Waals surface area contributed by atoms with Crippen LogP contribution in [-0.4, -0.2) is 42.1 Å². The van der Waals surface area contributed by atoms with E-state index in [1.165, 1.54) is 6.42 Å². The predicted molar refractivity (Wildman–Crippen MR) is 96.3 cm³/mol. The smallest absolute Gasteiger partial charge is 0.317 e. The number of hydrogen-bond donors (Lipinski definition) is 2. The molecular weight excluding hydrogens is 318 g/mol. The van der Waals surface area contributed by atoms with Crippen molar-refractivity contribution in [3.05, 3.63) is 29.8 Å². The fourth-order valence-electron chi connectivity index (χ4n) is 3.45. The molecule has 6 nitrogen and oxygen atoms in total. The summed E-state index contributed by atoms with van der Waals surface area (Å²) in [5.74, 6) is -0.0965. The van der Waals surface area contributed by atoms with E-state index >= 15 is 0 Å². The summed E-state index contributed by atoms with van der Waals surface area (Å²) in [7, 11) is 0. The van der Waals surface area contributed by atoms with E-state index in [1.54, 1.807) is 0 Å². The zero-order chi connectivity index (χ0) is 17.6. The number of rotatable bonds is 4. The molecule has 136 valence electrons. The monoisotopic (exact) mass is 345 g/mol. The van der Waals surface area contributed by atoms with Gasteiger partial charge in [0.15, 0.2) is 0 Å². The molecule has 2 saturated heterocycles. The number of anilines is 1. The van der Waals surface area contributed by atoms with Crippen molar-refractivity contribution in [3.63, 3.8) is 0 Å². The second-order valence-electron chi connectivity index (χ2n) is 6.89. The number of urea groups is 1. The highest BCUT2D eigenvalue weighted by atomic mass is 16.5. The second-order valence-corrected chi connectivity index (χ2v) is 6.89. The largest absolute Gasteiger partial charge is 0.368 e. The molecule has 25 heavy (non-hydrogen) atoms. The standard InChI is InChI=1S/C19H27N3O3/c1-14-6-2-3-10-22(14)19(24)20-13-15-7-4-8-16(12-15)21-18(23)17-9-5-11-25-17/h4,7-8,12,14,17H,2-3,5-6,9-11,13H2,1H3,(H,20,24)(H,21,23)/t14-,17+/m0/s1. The van der Waals surface area contributed by atoms with Crippen molar-refractivity contribution in [1.82, 2.24) is 10.2 Å². The number of carbonyl (C=O) groups excluding carboxylic acids is 2. The Morgan fingerprint density at radius 1 is 1.24 bits per heavy atom. The number of amides is 3. The molecule has 0 radical (unpaired) electrons. The van der Waals surface area contributed by atoms with E-state index in [2.05, 4.69) is 17.6 Å². The molecule has 2 N–H and O–H groups in total. The quantitative estimate of drug-likeness (QED) is 0.881. The van der Waals surface area contributed by atoms with E-state index in [4.69, 9.17) is 4.74 Å². The number of carbonyl (C=O) groups is 2. The van der Waals surface area contributed by atoms with Crippen molar-refractivity contribution < 1.29 is 14.3 Å². The molecule has 3 amide bonds. The number of piperidine rings is 1. The van der Waals surface area contributed by atoms with E-state index in [0.29, 0.717) is 19.2 Å². The molecule has 2 aliphatic heterocycles. The van der Waals surface area contributed by atoms with Gasteiger partial charge in [-0.15, -0.1) is 0 Å². The normalized spacial score (nSPS) is 23.3. The number of likely N-dealkylation sites (tertiary alicyclic amines) is 1. The van der Waals surface area contributed by atoms with Crippen LogP contribution in [0.3, 0.4) is 0 Å². The van der Waals surface area contributed by atoms with Gasteiger partial charge >= 0.3 is 6.03 Å². The van der Waals surface area contributed by atoms with Gasteiger partial charge in [-0.2, -0.15) is 0 Å². The molecule has 2 atom stereocenters. The van der Waals surface area contributed by atoms with Gasteiger partial charge < -0.3 is 20.3 Å². The molecule has 2 heterocycles. The summed E-state index contributed by atoms with van der Waals surface area (Å²) in [5, 5.41) is 5.88. The molecule has 0 saturated carbocycles. The lowest BCUT2D eigenvalue weighted by Crippen LogP contribution is -2.47. The van der Waals surface area contributed by atoms with E-state index in [1.807, 2.05) is 29.2 Å². The fourth-order valence-corrected chi connectivity index (χ4v) is 3.45. The van der Waals surface area contributed by atoms with E-state index in [-0.39, 0.29) is 18.0 Å². The Morgan fingerprint density at radius 2 is 2.12 bits per heavy atom. The Kier molecular flexibility index (Phi) is 5.91. The van der Waals surface area contributed by atoms with E-state index < -0.39 is 0 Å². The molecule has 1 aromatic rings. The second kappa shape index (κ2) is 8.34. The van der Waals surface area contributed by atoms with Crippen LogP contribution in [0.1, 0.15) is 44.6 Å². The molecule has 0 aromatic heterocycles. The van der Waals surface area contributed by atoms with Gasteiger partial charge in [0.1, 0.15) is 6.10 Å². The van der Waals surface area contributed by atoms with Crippen molar-refractivity contribution >= 4 is 17.6 Å².